The maximum atomic E-state index is 13.2. The lowest BCUT2D eigenvalue weighted by atomic mass is 9.51. The fraction of sp³-hybridized carbons (Fsp3) is 0.610. The summed E-state index contributed by atoms with van der Waals surface area (Å²) in [5.74, 6) is -0.0656. The maximum absolute atomic E-state index is 13.2. The van der Waals surface area contributed by atoms with Crippen molar-refractivity contribution in [3.05, 3.63) is 64.2 Å². The Kier molecular flexibility index (Phi) is 12.5. The Balaban J connectivity index is 1.02. The van der Waals surface area contributed by atoms with Gasteiger partial charge < -0.3 is 29.7 Å². The van der Waals surface area contributed by atoms with Crippen molar-refractivity contribution >= 4 is 29.4 Å². The third-order valence-corrected chi connectivity index (χ3v) is 11.4. The first-order valence-electron chi connectivity index (χ1n) is 18.8. The average Bonchev–Trinajstić information content (AvgIpc) is 3.54. The van der Waals surface area contributed by atoms with E-state index in [9.17, 15) is 24.8 Å². The fourth-order valence-corrected chi connectivity index (χ4v) is 8.56. The van der Waals surface area contributed by atoms with E-state index < -0.39 is 28.4 Å². The van der Waals surface area contributed by atoms with Gasteiger partial charge in [-0.25, -0.2) is 4.79 Å². The summed E-state index contributed by atoms with van der Waals surface area (Å²) in [6.45, 7) is 19.3. The van der Waals surface area contributed by atoms with Gasteiger partial charge in [0.15, 0.2) is 0 Å². The third kappa shape index (κ3) is 9.52. The van der Waals surface area contributed by atoms with Gasteiger partial charge in [-0.05, 0) is 61.1 Å². The number of hydrogen-bond acceptors (Lipinski definition) is 9. The van der Waals surface area contributed by atoms with Gasteiger partial charge in [0.2, 0.25) is 11.8 Å². The number of esters is 1. The third-order valence-electron chi connectivity index (χ3n) is 11.1. The van der Waals surface area contributed by atoms with Crippen molar-refractivity contribution < 1.29 is 29.0 Å². The number of amides is 2. The second kappa shape index (κ2) is 16.4. The Morgan fingerprint density at radius 1 is 0.981 bits per heavy atom. The Hall–Kier alpha value is -3.69. The highest BCUT2D eigenvalue weighted by Gasteiger charge is 2.66. The molecule has 5 rings (SSSR count). The van der Waals surface area contributed by atoms with E-state index in [0.717, 1.165) is 51.1 Å². The van der Waals surface area contributed by atoms with Crippen molar-refractivity contribution in [2.24, 2.45) is 16.2 Å². The molecule has 0 bridgehead atoms. The molecule has 3 fully saturated rings. The van der Waals surface area contributed by atoms with Crippen LogP contribution >= 0.6 is 11.6 Å². The molecule has 2 aliphatic heterocycles. The van der Waals surface area contributed by atoms with Crippen LogP contribution < -0.4 is 10.1 Å². The van der Waals surface area contributed by atoms with Crippen LogP contribution in [0.2, 0.25) is 5.02 Å². The number of likely N-dealkylation sites (tertiary alicyclic amines) is 1. The molecule has 3 aliphatic rings. The maximum Gasteiger partial charge on any atom is 0.338 e. The topological polar surface area (TPSA) is 135 Å². The Morgan fingerprint density at radius 3 is 2.19 bits per heavy atom. The van der Waals surface area contributed by atoms with Crippen LogP contribution in [0.4, 0.5) is 0 Å². The SMILES string of the molecule is CC1(C)C(OC(=O)c2ccc(CCCN3CCN(CC(=O)N[C@H](C(=O)N4CC[C@@H](O)C4)C(C)(C)C)CC3)cc2)C(C)(C)C1Oc1ccc(C#N)c(Cl)c1. The van der Waals surface area contributed by atoms with E-state index in [-0.39, 0.29) is 36.5 Å². The quantitative estimate of drug-likeness (QED) is 0.290. The van der Waals surface area contributed by atoms with Crippen LogP contribution in [0.15, 0.2) is 42.5 Å². The van der Waals surface area contributed by atoms with E-state index in [4.69, 9.17) is 21.1 Å². The molecule has 0 unspecified atom stereocenters. The normalized spacial score (nSPS) is 23.4. The van der Waals surface area contributed by atoms with Crippen molar-refractivity contribution in [3.8, 4) is 11.8 Å². The lowest BCUT2D eigenvalue weighted by Crippen LogP contribution is -2.70. The smallest absolute Gasteiger partial charge is 0.338 e. The molecule has 1 saturated carbocycles. The van der Waals surface area contributed by atoms with Crippen molar-refractivity contribution in [1.29, 1.82) is 5.26 Å². The fourth-order valence-electron chi connectivity index (χ4n) is 8.34. The molecule has 11 nitrogen and oxygen atoms in total. The van der Waals surface area contributed by atoms with Crippen molar-refractivity contribution in [2.75, 3.05) is 52.4 Å². The molecule has 2 N–H and O–H groups in total. The molecule has 0 radical (unpaired) electrons. The minimum absolute atomic E-state index is 0.128. The van der Waals surface area contributed by atoms with Gasteiger partial charge in [0.05, 0.1) is 28.8 Å². The minimum Gasteiger partial charge on any atom is -0.489 e. The number of nitriles is 1. The predicted octanol–water partition coefficient (Wildman–Crippen LogP) is 4.92. The summed E-state index contributed by atoms with van der Waals surface area (Å²) in [6, 6.07) is 14.1. The minimum atomic E-state index is -0.640. The van der Waals surface area contributed by atoms with Gasteiger partial charge in [-0.15, -0.1) is 0 Å². The van der Waals surface area contributed by atoms with Gasteiger partial charge in [-0.1, -0.05) is 72.2 Å². The largest absolute Gasteiger partial charge is 0.489 e. The summed E-state index contributed by atoms with van der Waals surface area (Å²) in [4.78, 5) is 45.7. The number of hydrogen-bond donors (Lipinski definition) is 2. The summed E-state index contributed by atoms with van der Waals surface area (Å²) in [6.07, 6.45) is 1.33. The van der Waals surface area contributed by atoms with Crippen molar-refractivity contribution in [2.45, 2.75) is 92.1 Å². The van der Waals surface area contributed by atoms with E-state index in [0.29, 0.717) is 41.4 Å². The number of benzene rings is 2. The highest BCUT2D eigenvalue weighted by atomic mass is 35.5. The first-order valence-corrected chi connectivity index (χ1v) is 19.1. The lowest BCUT2D eigenvalue weighted by molar-refractivity contribution is -0.236. The predicted molar refractivity (Wildman–Crippen MR) is 204 cm³/mol. The number of rotatable bonds is 12. The van der Waals surface area contributed by atoms with Gasteiger partial charge in [0.25, 0.3) is 0 Å². The van der Waals surface area contributed by atoms with Gasteiger partial charge in [0, 0.05) is 56.2 Å². The molecular weight excluding hydrogens is 694 g/mol. The number of aryl methyl sites for hydroxylation is 1. The van der Waals surface area contributed by atoms with Crippen LogP contribution in [-0.2, 0) is 20.7 Å². The summed E-state index contributed by atoms with van der Waals surface area (Å²) < 4.78 is 12.4. The van der Waals surface area contributed by atoms with E-state index in [1.807, 2.05) is 72.7 Å². The van der Waals surface area contributed by atoms with Crippen LogP contribution in [0.3, 0.4) is 0 Å². The number of halogens is 1. The zero-order valence-electron chi connectivity index (χ0n) is 32.3. The summed E-state index contributed by atoms with van der Waals surface area (Å²) in [7, 11) is 0. The molecule has 53 heavy (non-hydrogen) atoms. The number of carbonyl (C=O) groups is 3. The van der Waals surface area contributed by atoms with Crippen LogP contribution in [0.5, 0.6) is 5.75 Å². The first-order chi connectivity index (χ1) is 24.9. The van der Waals surface area contributed by atoms with Crippen LogP contribution in [0.25, 0.3) is 0 Å². The zero-order valence-corrected chi connectivity index (χ0v) is 33.0. The number of carbonyl (C=O) groups excluding carboxylic acids is 3. The van der Waals surface area contributed by atoms with Gasteiger partial charge in [0.1, 0.15) is 30.1 Å². The Morgan fingerprint density at radius 2 is 1.62 bits per heavy atom. The zero-order chi connectivity index (χ0) is 38.7. The van der Waals surface area contributed by atoms with Crippen LogP contribution in [-0.4, -0.2) is 114 Å². The first kappa shape index (κ1) is 40.5. The summed E-state index contributed by atoms with van der Waals surface area (Å²) >= 11 is 6.22. The molecule has 0 spiro atoms. The Bertz CT molecular complexity index is 1660. The van der Waals surface area contributed by atoms with Gasteiger partial charge in [-0.2, -0.15) is 5.26 Å². The number of nitrogens with one attached hydrogen (secondary N) is 1. The second-order valence-corrected chi connectivity index (χ2v) is 17.6. The van der Waals surface area contributed by atoms with E-state index in [2.05, 4.69) is 21.2 Å². The van der Waals surface area contributed by atoms with E-state index in [1.165, 1.54) is 0 Å². The highest BCUT2D eigenvalue weighted by molar-refractivity contribution is 6.31. The monoisotopic (exact) mass is 749 g/mol. The van der Waals surface area contributed by atoms with E-state index >= 15 is 0 Å². The molecule has 2 aromatic carbocycles. The summed E-state index contributed by atoms with van der Waals surface area (Å²) in [5.41, 5.74) is 0.705. The van der Waals surface area contributed by atoms with Crippen molar-refractivity contribution in [3.63, 3.8) is 0 Å². The highest BCUT2D eigenvalue weighted by Crippen LogP contribution is 2.57. The number of piperazine rings is 1. The summed E-state index contributed by atoms with van der Waals surface area (Å²) in [5, 5.41) is 22.4. The molecular formula is C41H56ClN5O6. The van der Waals surface area contributed by atoms with Crippen LogP contribution in [0.1, 0.15) is 82.8 Å². The second-order valence-electron chi connectivity index (χ2n) is 17.2. The number of β-amino-alcohol motifs (C(OH)–C–C–N with tert-alkyl or cyclic N) is 1. The Labute approximate surface area is 319 Å². The molecule has 12 heteroatoms. The van der Waals surface area contributed by atoms with Crippen molar-refractivity contribution in [1.82, 2.24) is 20.0 Å². The number of aliphatic hydroxyl groups excluding tert-OH is 1. The number of ether oxygens (including phenoxy) is 2. The lowest BCUT2D eigenvalue weighted by Gasteiger charge is -2.61. The standard InChI is InChI=1S/C41H56ClN5O6/c1-39(2,3)34(35(50)47-18-16-30(48)25-47)44-33(49)26-46-21-19-45(20-22-46)17-8-9-27-10-12-28(13-11-27)36(51)53-38-40(4,5)37(41(38,6)7)52-31-15-14-29(24-43)32(42)23-31/h10-15,23,30,34,37-38,48H,8-9,16-22,25-26H2,1-7H3,(H,44,49)/t30-,34-,37?,38?/m1/s1. The molecule has 2 heterocycles. The molecule has 288 valence electrons. The van der Waals surface area contributed by atoms with Gasteiger partial charge >= 0.3 is 5.97 Å². The number of nitrogens with zero attached hydrogens (tertiary/aromatic N) is 4. The molecule has 2 saturated heterocycles. The van der Waals surface area contributed by atoms with Gasteiger partial charge in [-0.3, -0.25) is 14.5 Å². The van der Waals surface area contributed by atoms with E-state index in [1.54, 1.807) is 23.1 Å². The molecule has 1 aliphatic carbocycles. The molecule has 2 amide bonds. The molecule has 2 atom stereocenters. The average molecular weight is 750 g/mol. The molecule has 2 aromatic rings. The number of aliphatic hydroxyl groups is 1. The van der Waals surface area contributed by atoms with Crippen LogP contribution in [0, 0.1) is 27.6 Å². The molecule has 0 aromatic heterocycles.